The maximum atomic E-state index is 13.2. The topological polar surface area (TPSA) is 80.3 Å². The highest BCUT2D eigenvalue weighted by atomic mass is 19.1. The van der Waals surface area contributed by atoms with E-state index in [4.69, 9.17) is 0 Å². The van der Waals surface area contributed by atoms with E-state index in [1.807, 2.05) is 0 Å². The first-order valence-electron chi connectivity index (χ1n) is 6.87. The average Bonchev–Trinajstić information content (AvgIpc) is 2.78. The van der Waals surface area contributed by atoms with Crippen LogP contribution in [0, 0.1) is 5.82 Å². The van der Waals surface area contributed by atoms with Crippen LogP contribution in [0.4, 0.5) is 4.39 Å². The van der Waals surface area contributed by atoms with Crippen LogP contribution in [0.2, 0.25) is 0 Å². The van der Waals surface area contributed by atoms with Crippen molar-refractivity contribution in [2.75, 3.05) is 0 Å². The first-order chi connectivity index (χ1) is 10.1. The van der Waals surface area contributed by atoms with Crippen LogP contribution in [-0.4, -0.2) is 31.5 Å². The molecule has 1 aliphatic heterocycles. The summed E-state index contributed by atoms with van der Waals surface area (Å²) in [5.74, 6) is 0.192. The molecule has 2 heterocycles. The number of fused-ring (bicyclic) bond motifs is 1. The largest absolute Gasteiger partial charge is 0.488 e. The SMILES string of the molecule is O=c1n(Cc2ccc(F)cc2B(O)O)nc2n1CCCC2. The van der Waals surface area contributed by atoms with Gasteiger partial charge in [-0.25, -0.2) is 13.9 Å². The van der Waals surface area contributed by atoms with E-state index < -0.39 is 12.9 Å². The van der Waals surface area contributed by atoms with Crippen LogP contribution in [-0.2, 0) is 19.5 Å². The highest BCUT2D eigenvalue weighted by Gasteiger charge is 2.20. The first-order valence-corrected chi connectivity index (χ1v) is 6.87. The smallest absolute Gasteiger partial charge is 0.423 e. The Morgan fingerprint density at radius 3 is 2.86 bits per heavy atom. The fourth-order valence-corrected chi connectivity index (χ4v) is 2.66. The van der Waals surface area contributed by atoms with Crippen molar-refractivity contribution < 1.29 is 14.4 Å². The zero-order chi connectivity index (χ0) is 15.0. The van der Waals surface area contributed by atoms with Gasteiger partial charge < -0.3 is 10.0 Å². The summed E-state index contributed by atoms with van der Waals surface area (Å²) in [7, 11) is -1.79. The van der Waals surface area contributed by atoms with Crippen LogP contribution in [0.25, 0.3) is 0 Å². The van der Waals surface area contributed by atoms with Crippen LogP contribution < -0.4 is 11.2 Å². The van der Waals surface area contributed by atoms with Gasteiger partial charge in [0.25, 0.3) is 0 Å². The predicted octanol–water partition coefficient (Wildman–Crippen LogP) is -0.752. The number of hydrogen-bond donors (Lipinski definition) is 2. The molecule has 0 saturated carbocycles. The number of benzene rings is 1. The van der Waals surface area contributed by atoms with Crippen molar-refractivity contribution in [3.05, 3.63) is 45.9 Å². The molecule has 0 amide bonds. The Bertz CT molecular complexity index is 726. The van der Waals surface area contributed by atoms with E-state index >= 15 is 0 Å². The Labute approximate surface area is 120 Å². The number of aryl methyl sites for hydroxylation is 1. The minimum absolute atomic E-state index is 0.0490. The third kappa shape index (κ3) is 2.64. The maximum Gasteiger partial charge on any atom is 0.488 e. The molecule has 0 bridgehead atoms. The molecule has 8 heteroatoms. The van der Waals surface area contributed by atoms with Gasteiger partial charge in [-0.05, 0) is 36.0 Å². The Balaban J connectivity index is 1.98. The standard InChI is InChI=1S/C13H15BFN3O3/c15-10-5-4-9(11(7-10)14(20)21)8-18-13(19)17-6-2-1-3-12(17)16-18/h4-5,7,20-21H,1-3,6,8H2. The quantitative estimate of drug-likeness (QED) is 0.729. The maximum absolute atomic E-state index is 13.2. The van der Waals surface area contributed by atoms with E-state index in [-0.39, 0.29) is 17.7 Å². The van der Waals surface area contributed by atoms with Gasteiger partial charge in [-0.1, -0.05) is 6.07 Å². The lowest BCUT2D eigenvalue weighted by Gasteiger charge is -2.09. The van der Waals surface area contributed by atoms with Gasteiger partial charge in [0.2, 0.25) is 0 Å². The van der Waals surface area contributed by atoms with Gasteiger partial charge in [0, 0.05) is 13.0 Å². The molecule has 1 aromatic heterocycles. The third-order valence-corrected chi connectivity index (χ3v) is 3.74. The fraction of sp³-hybridized carbons (Fsp3) is 0.385. The minimum atomic E-state index is -1.79. The molecule has 0 saturated heterocycles. The molecule has 0 unspecified atom stereocenters. The van der Waals surface area contributed by atoms with Crippen LogP contribution in [0.15, 0.2) is 23.0 Å². The molecule has 2 N–H and O–H groups in total. The summed E-state index contributed by atoms with van der Waals surface area (Å²) < 4.78 is 16.1. The van der Waals surface area contributed by atoms with E-state index in [2.05, 4.69) is 5.10 Å². The second-order valence-electron chi connectivity index (χ2n) is 5.18. The first kappa shape index (κ1) is 14.0. The zero-order valence-electron chi connectivity index (χ0n) is 11.4. The molecule has 2 aromatic rings. The Morgan fingerprint density at radius 1 is 1.33 bits per heavy atom. The summed E-state index contributed by atoms with van der Waals surface area (Å²) >= 11 is 0. The monoisotopic (exact) mass is 291 g/mol. The lowest BCUT2D eigenvalue weighted by Crippen LogP contribution is -2.35. The van der Waals surface area contributed by atoms with Crippen molar-refractivity contribution in [2.45, 2.75) is 32.4 Å². The van der Waals surface area contributed by atoms with Crippen LogP contribution in [0.5, 0.6) is 0 Å². The Morgan fingerprint density at radius 2 is 2.14 bits per heavy atom. The van der Waals surface area contributed by atoms with Crippen molar-refractivity contribution in [3.63, 3.8) is 0 Å². The average molecular weight is 291 g/mol. The fourth-order valence-electron chi connectivity index (χ4n) is 2.66. The molecule has 21 heavy (non-hydrogen) atoms. The molecule has 0 fully saturated rings. The molecule has 0 spiro atoms. The van der Waals surface area contributed by atoms with Gasteiger partial charge in [-0.15, -0.1) is 0 Å². The number of hydrogen-bond acceptors (Lipinski definition) is 4. The van der Waals surface area contributed by atoms with Crippen molar-refractivity contribution in [3.8, 4) is 0 Å². The summed E-state index contributed by atoms with van der Waals surface area (Å²) in [6, 6.07) is 3.72. The normalized spacial score (nSPS) is 14.0. The molecule has 1 aliphatic rings. The zero-order valence-corrected chi connectivity index (χ0v) is 11.4. The summed E-state index contributed by atoms with van der Waals surface area (Å²) in [6.45, 7) is 0.749. The van der Waals surface area contributed by atoms with Gasteiger partial charge in [0.05, 0.1) is 6.54 Å². The van der Waals surface area contributed by atoms with Crippen molar-refractivity contribution in [2.24, 2.45) is 0 Å². The summed E-state index contributed by atoms with van der Waals surface area (Å²) in [6.07, 6.45) is 2.73. The number of halogens is 1. The molecule has 0 aliphatic carbocycles. The molecule has 3 rings (SSSR count). The second-order valence-corrected chi connectivity index (χ2v) is 5.18. The summed E-state index contributed by atoms with van der Waals surface area (Å²) in [4.78, 5) is 12.2. The minimum Gasteiger partial charge on any atom is -0.423 e. The van der Waals surface area contributed by atoms with Crippen LogP contribution in [0.3, 0.4) is 0 Å². The lowest BCUT2D eigenvalue weighted by atomic mass is 9.77. The van der Waals surface area contributed by atoms with Crippen molar-refractivity contribution in [1.82, 2.24) is 14.3 Å². The number of nitrogens with zero attached hydrogens (tertiary/aromatic N) is 3. The van der Waals surface area contributed by atoms with Crippen molar-refractivity contribution in [1.29, 1.82) is 0 Å². The van der Waals surface area contributed by atoms with Gasteiger partial charge in [0.1, 0.15) is 11.6 Å². The van der Waals surface area contributed by atoms with Crippen molar-refractivity contribution >= 4 is 12.6 Å². The summed E-state index contributed by atoms with van der Waals surface area (Å²) in [5, 5.41) is 22.9. The summed E-state index contributed by atoms with van der Waals surface area (Å²) in [5.41, 5.74) is 0.296. The van der Waals surface area contributed by atoms with E-state index in [0.717, 1.165) is 31.2 Å². The highest BCUT2D eigenvalue weighted by molar-refractivity contribution is 6.59. The molecular weight excluding hydrogens is 276 g/mol. The molecule has 110 valence electrons. The predicted molar refractivity (Wildman–Crippen MR) is 74.8 cm³/mol. The number of aromatic nitrogens is 3. The third-order valence-electron chi connectivity index (χ3n) is 3.74. The van der Waals surface area contributed by atoms with E-state index in [9.17, 15) is 19.2 Å². The van der Waals surface area contributed by atoms with E-state index in [1.54, 1.807) is 4.57 Å². The Hall–Kier alpha value is -1.93. The second kappa shape index (κ2) is 5.46. The molecule has 0 atom stereocenters. The molecule has 1 aromatic carbocycles. The number of rotatable bonds is 3. The van der Waals surface area contributed by atoms with Gasteiger partial charge in [-0.2, -0.15) is 5.10 Å². The highest BCUT2D eigenvalue weighted by Crippen LogP contribution is 2.10. The van der Waals surface area contributed by atoms with E-state index in [0.29, 0.717) is 12.1 Å². The molecule has 6 nitrogen and oxygen atoms in total. The van der Waals surface area contributed by atoms with Gasteiger partial charge >= 0.3 is 12.8 Å². The van der Waals surface area contributed by atoms with Crippen LogP contribution >= 0.6 is 0 Å². The molecular formula is C13H15BFN3O3. The van der Waals surface area contributed by atoms with Gasteiger partial charge in [0.15, 0.2) is 0 Å². The van der Waals surface area contributed by atoms with Crippen LogP contribution in [0.1, 0.15) is 24.2 Å². The Kier molecular flexibility index (Phi) is 3.65. The lowest BCUT2D eigenvalue weighted by molar-refractivity contribution is 0.424. The van der Waals surface area contributed by atoms with Gasteiger partial charge in [-0.3, -0.25) is 4.57 Å². The molecule has 0 radical (unpaired) electrons. The van der Waals surface area contributed by atoms with E-state index in [1.165, 1.54) is 16.8 Å².